The molecule has 1 fully saturated rings. The van der Waals surface area contributed by atoms with Crippen LogP contribution in [0.15, 0.2) is 41.2 Å². The van der Waals surface area contributed by atoms with Crippen LogP contribution in [0.25, 0.3) is 20.3 Å². The number of aromatic nitrogens is 1. The van der Waals surface area contributed by atoms with E-state index in [1.807, 2.05) is 46.2 Å². The number of ether oxygens (including phenoxy) is 2. The quantitative estimate of drug-likeness (QED) is 0.181. The number of carbonyl (C=O) groups is 4. The van der Waals surface area contributed by atoms with E-state index in [-0.39, 0.29) is 43.5 Å². The van der Waals surface area contributed by atoms with Gasteiger partial charge in [-0.3, -0.25) is 29.1 Å². The van der Waals surface area contributed by atoms with Gasteiger partial charge in [-0.05, 0) is 52.0 Å². The van der Waals surface area contributed by atoms with Crippen molar-refractivity contribution in [3.05, 3.63) is 52.3 Å². The molecule has 3 aromatic rings. The predicted octanol–water partition coefficient (Wildman–Crippen LogP) is 0.955. The molecule has 272 valence electrons. The van der Waals surface area contributed by atoms with E-state index in [0.29, 0.717) is 69.8 Å². The van der Waals surface area contributed by atoms with Gasteiger partial charge in [-0.25, -0.2) is 14.6 Å². The molecule has 15 heteroatoms. The van der Waals surface area contributed by atoms with Crippen LogP contribution in [0.2, 0.25) is 0 Å². The van der Waals surface area contributed by atoms with E-state index < -0.39 is 24.0 Å². The van der Waals surface area contributed by atoms with Crippen LogP contribution in [-0.4, -0.2) is 134 Å². The number of nitrogens with zero attached hydrogens (tertiary/aromatic N) is 4. The third-order valence-corrected chi connectivity index (χ3v) is 9.44. The van der Waals surface area contributed by atoms with Gasteiger partial charge in [0.1, 0.15) is 17.6 Å². The summed E-state index contributed by atoms with van der Waals surface area (Å²) >= 11 is 1.54. The summed E-state index contributed by atoms with van der Waals surface area (Å²) in [5.41, 5.74) is 1.08. The number of pyridine rings is 1. The van der Waals surface area contributed by atoms with Crippen molar-refractivity contribution in [2.75, 3.05) is 78.7 Å². The normalized spacial score (nSPS) is 16.9. The van der Waals surface area contributed by atoms with Crippen LogP contribution in [-0.2, 0) is 35.2 Å². The molecule has 3 heterocycles. The fourth-order valence-corrected chi connectivity index (χ4v) is 6.67. The van der Waals surface area contributed by atoms with Crippen LogP contribution in [0.4, 0.5) is 0 Å². The minimum atomic E-state index is -0.754. The zero-order chi connectivity index (χ0) is 36.0. The van der Waals surface area contributed by atoms with Crippen LogP contribution in [0.1, 0.15) is 33.4 Å². The van der Waals surface area contributed by atoms with E-state index in [4.69, 9.17) is 14.5 Å². The summed E-state index contributed by atoms with van der Waals surface area (Å²) in [7, 11) is 0. The lowest BCUT2D eigenvalue weighted by Gasteiger charge is -2.31. The monoisotopic (exact) mass is 711 g/mol. The average molecular weight is 712 g/mol. The molecule has 1 aromatic carbocycles. The van der Waals surface area contributed by atoms with Crippen molar-refractivity contribution in [3.63, 3.8) is 0 Å². The largest absolute Gasteiger partial charge is 0.464 e. The zero-order valence-electron chi connectivity index (χ0n) is 29.4. The summed E-state index contributed by atoms with van der Waals surface area (Å²) in [5, 5.41) is 9.51. The molecule has 0 saturated carbocycles. The molecule has 2 atom stereocenters. The summed E-state index contributed by atoms with van der Waals surface area (Å²) in [6.07, 6.45) is 0. The van der Waals surface area contributed by atoms with Gasteiger partial charge in [0.15, 0.2) is 0 Å². The molecule has 4 rings (SSSR count). The van der Waals surface area contributed by atoms with Crippen LogP contribution >= 0.6 is 11.3 Å². The lowest BCUT2D eigenvalue weighted by atomic mass is 10.2. The van der Waals surface area contributed by atoms with Crippen molar-refractivity contribution in [1.29, 1.82) is 0 Å². The summed E-state index contributed by atoms with van der Waals surface area (Å²) in [6, 6.07) is 9.91. The summed E-state index contributed by atoms with van der Waals surface area (Å²) < 4.78 is 11.8. The molecule has 50 heavy (non-hydrogen) atoms. The highest BCUT2D eigenvalue weighted by Crippen LogP contribution is 2.24. The second-order valence-corrected chi connectivity index (χ2v) is 13.3. The van der Waals surface area contributed by atoms with Gasteiger partial charge < -0.3 is 25.4 Å². The number of benzene rings is 1. The number of hydrogen-bond donors (Lipinski definition) is 3. The number of nitrogens with one attached hydrogen (secondary N) is 3. The Hall–Kier alpha value is -4.02. The maximum absolute atomic E-state index is 13.4. The third-order valence-electron chi connectivity index (χ3n) is 8.31. The summed E-state index contributed by atoms with van der Waals surface area (Å²) in [6.45, 7) is 12.4. The summed E-state index contributed by atoms with van der Waals surface area (Å²) in [5.74, 6) is -1.50. The average Bonchev–Trinajstić information content (AvgIpc) is 3.08. The van der Waals surface area contributed by atoms with Gasteiger partial charge in [-0.2, -0.15) is 0 Å². The molecular weight excluding hydrogens is 662 g/mol. The minimum Gasteiger partial charge on any atom is -0.464 e. The Morgan fingerprint density at radius 1 is 0.780 bits per heavy atom. The maximum Gasteiger partial charge on any atom is 0.328 e. The molecule has 0 radical (unpaired) electrons. The van der Waals surface area contributed by atoms with E-state index in [0.717, 1.165) is 15.1 Å². The molecule has 14 nitrogen and oxygen atoms in total. The van der Waals surface area contributed by atoms with Gasteiger partial charge in [0, 0.05) is 69.0 Å². The van der Waals surface area contributed by atoms with E-state index in [1.165, 1.54) is 11.3 Å². The second kappa shape index (κ2) is 19.4. The van der Waals surface area contributed by atoms with E-state index in [2.05, 4.69) is 20.9 Å². The molecule has 1 saturated heterocycles. The standard InChI is InChI=1S/C35H49N7O7S/c1-5-48-34(46)24(3)37-30(43)22-40-15-13-36-14-16-41(23-31(44)38-25(4)35(47)49-6-2)18-20-42(19-17-40)21-26-11-12-29-32(39-26)33(45)27-9-7-8-10-28(27)50-29/h7-12,24-25,36H,5-6,13-23H2,1-4H3,(H,37,43)(H,38,44). The third kappa shape index (κ3) is 11.5. The fraction of sp³-hybridized carbons (Fsp3) is 0.543. The number of amides is 2. The molecule has 0 spiro atoms. The zero-order valence-corrected chi connectivity index (χ0v) is 30.2. The number of fused-ring (bicyclic) bond motifs is 2. The molecule has 1 aliphatic heterocycles. The fourth-order valence-electron chi connectivity index (χ4n) is 5.65. The first-order chi connectivity index (χ1) is 24.1. The number of carbonyl (C=O) groups excluding carboxylic acids is 4. The van der Waals surface area contributed by atoms with Crippen molar-refractivity contribution in [1.82, 2.24) is 35.6 Å². The Morgan fingerprint density at radius 2 is 1.32 bits per heavy atom. The van der Waals surface area contributed by atoms with Crippen molar-refractivity contribution in [2.24, 2.45) is 0 Å². The van der Waals surface area contributed by atoms with Gasteiger partial charge in [0.2, 0.25) is 17.2 Å². The second-order valence-electron chi connectivity index (χ2n) is 12.2. The van der Waals surface area contributed by atoms with E-state index in [1.54, 1.807) is 27.7 Å². The molecule has 0 bridgehead atoms. The Balaban J connectivity index is 1.50. The van der Waals surface area contributed by atoms with Crippen molar-refractivity contribution in [3.8, 4) is 0 Å². The van der Waals surface area contributed by atoms with Gasteiger partial charge in [-0.15, -0.1) is 11.3 Å². The summed E-state index contributed by atoms with van der Waals surface area (Å²) in [4.78, 5) is 74.4. The van der Waals surface area contributed by atoms with Gasteiger partial charge in [-0.1, -0.05) is 12.1 Å². The van der Waals surface area contributed by atoms with Gasteiger partial charge in [0.05, 0.1) is 36.7 Å². The highest BCUT2D eigenvalue weighted by atomic mass is 32.1. The smallest absolute Gasteiger partial charge is 0.328 e. The van der Waals surface area contributed by atoms with Crippen LogP contribution in [0.5, 0.6) is 0 Å². The Kier molecular flexibility index (Phi) is 15.0. The van der Waals surface area contributed by atoms with E-state index >= 15 is 0 Å². The molecule has 1 aliphatic rings. The van der Waals surface area contributed by atoms with Crippen LogP contribution < -0.4 is 21.4 Å². The lowest BCUT2D eigenvalue weighted by molar-refractivity contribution is -0.147. The van der Waals surface area contributed by atoms with Crippen molar-refractivity contribution in [2.45, 2.75) is 46.3 Å². The number of hydrogen-bond acceptors (Lipinski definition) is 13. The van der Waals surface area contributed by atoms with Gasteiger partial charge >= 0.3 is 11.9 Å². The first-order valence-electron chi connectivity index (χ1n) is 17.2. The maximum atomic E-state index is 13.4. The van der Waals surface area contributed by atoms with Crippen LogP contribution in [0, 0.1) is 0 Å². The number of rotatable bonds is 12. The molecule has 2 aromatic heterocycles. The molecular formula is C35H49N7O7S. The molecule has 0 aliphatic carbocycles. The lowest BCUT2D eigenvalue weighted by Crippen LogP contribution is -2.50. The predicted molar refractivity (Wildman–Crippen MR) is 193 cm³/mol. The Bertz CT molecular complexity index is 1630. The highest BCUT2D eigenvalue weighted by Gasteiger charge is 2.22. The molecule has 3 N–H and O–H groups in total. The van der Waals surface area contributed by atoms with Crippen molar-refractivity contribution >= 4 is 55.4 Å². The topological polar surface area (TPSA) is 163 Å². The van der Waals surface area contributed by atoms with Gasteiger partial charge in [0.25, 0.3) is 0 Å². The SMILES string of the molecule is CCOC(=O)C(C)NC(=O)CN1CCNCCN(CC(=O)NC(C)C(=O)OCC)CCN(Cc2ccc3sc4ccccc4c(=O)c3n2)CC1. The number of esters is 2. The highest BCUT2D eigenvalue weighted by molar-refractivity contribution is 7.24. The van der Waals surface area contributed by atoms with Crippen molar-refractivity contribution < 1.29 is 28.7 Å². The first kappa shape index (κ1) is 38.8. The van der Waals surface area contributed by atoms with E-state index in [9.17, 15) is 24.0 Å². The van der Waals surface area contributed by atoms with Crippen LogP contribution in [0.3, 0.4) is 0 Å². The molecule has 2 unspecified atom stereocenters. The Morgan fingerprint density at radius 3 is 1.88 bits per heavy atom. The Labute approximate surface area is 296 Å². The molecule has 2 amide bonds. The first-order valence-corrected chi connectivity index (χ1v) is 18.0. The minimum absolute atomic E-state index is 0.0964.